The van der Waals surface area contributed by atoms with Gasteiger partial charge < -0.3 is 10.8 Å². The highest BCUT2D eigenvalue weighted by Crippen LogP contribution is 1.34. The molecule has 0 saturated heterocycles. The molecular weight excluding hydrogens is 90.0 g/mol. The molecule has 1 amide bonds. The Morgan fingerprint density at radius 1 is 1.50 bits per heavy atom. The fraction of sp³-hybridized carbons (Fsp3) is 0. The van der Waals surface area contributed by atoms with Crippen molar-refractivity contribution in [1.82, 2.24) is 0 Å². The van der Waals surface area contributed by atoms with Gasteiger partial charge in [0.25, 0.3) is 0 Å². The van der Waals surface area contributed by atoms with Gasteiger partial charge in [-0.05, 0) is 0 Å². The van der Waals surface area contributed by atoms with Crippen LogP contribution in [0.15, 0.2) is 0 Å². The van der Waals surface area contributed by atoms with Crippen LogP contribution in [0.4, 0.5) is 4.79 Å². The molecule has 6 heavy (non-hydrogen) atoms. The van der Waals surface area contributed by atoms with E-state index in [4.69, 9.17) is 20.4 Å². The maximum absolute atomic E-state index is 8.78. The van der Waals surface area contributed by atoms with Crippen molar-refractivity contribution in [2.24, 2.45) is 5.73 Å². The van der Waals surface area contributed by atoms with Crippen LogP contribution in [0.3, 0.4) is 0 Å². The van der Waals surface area contributed by atoms with Gasteiger partial charge >= 0.3 is 6.09 Å². The summed E-state index contributed by atoms with van der Waals surface area (Å²) < 4.78 is 0. The van der Waals surface area contributed by atoms with Gasteiger partial charge in [-0.1, -0.05) is 0 Å². The summed E-state index contributed by atoms with van der Waals surface area (Å²) in [6, 6.07) is 0. The van der Waals surface area contributed by atoms with Crippen LogP contribution < -0.4 is 5.73 Å². The van der Waals surface area contributed by atoms with E-state index < -0.39 is 6.09 Å². The molecule has 0 aromatic rings. The van der Waals surface area contributed by atoms with Crippen LogP contribution in [0.5, 0.6) is 0 Å². The highest BCUT2D eigenvalue weighted by Gasteiger charge is 1.65. The molecule has 0 unspecified atom stereocenters. The Labute approximate surface area is 33.6 Å². The molecule has 0 atom stereocenters. The lowest BCUT2D eigenvalue weighted by Gasteiger charge is -1.61. The molecule has 0 fully saturated rings. The van der Waals surface area contributed by atoms with Gasteiger partial charge in [-0.3, -0.25) is 10.5 Å². The Morgan fingerprint density at radius 3 is 1.50 bits per heavy atom. The number of rotatable bonds is 0. The van der Waals surface area contributed by atoms with Crippen LogP contribution in [0.25, 0.3) is 0 Å². The Kier molecular flexibility index (Phi) is 13.3. The zero-order valence-corrected chi connectivity index (χ0v) is 2.83. The summed E-state index contributed by atoms with van der Waals surface area (Å²) in [6.07, 6.45) is -1.33. The minimum Gasteiger partial charge on any atom is -0.465 e. The first-order valence-electron chi connectivity index (χ1n) is 0.916. The monoisotopic (exact) mass is 95.0 g/mol. The minimum atomic E-state index is -1.33. The van der Waals surface area contributed by atoms with Crippen molar-refractivity contribution in [2.75, 3.05) is 0 Å². The van der Waals surface area contributed by atoms with Crippen molar-refractivity contribution < 1.29 is 20.4 Å². The van der Waals surface area contributed by atoms with E-state index in [9.17, 15) is 0 Å². The Bertz CT molecular complexity index is 30.5. The average Bonchev–Trinajstić information content (AvgIpc) is 1.41. The zero-order valence-electron chi connectivity index (χ0n) is 2.83. The molecule has 0 saturated carbocycles. The van der Waals surface area contributed by atoms with Crippen molar-refractivity contribution in [3.8, 4) is 0 Å². The van der Waals surface area contributed by atoms with Gasteiger partial charge in [-0.15, -0.1) is 0 Å². The Balaban J connectivity index is 0. The van der Waals surface area contributed by atoms with Crippen LogP contribution in [0, 0.1) is 0 Å². The van der Waals surface area contributed by atoms with E-state index in [1.54, 1.807) is 0 Å². The topological polar surface area (TPSA) is 104 Å². The van der Waals surface area contributed by atoms with Crippen LogP contribution >= 0.6 is 0 Å². The van der Waals surface area contributed by atoms with Crippen molar-refractivity contribution in [1.29, 1.82) is 0 Å². The predicted octanol–water partition coefficient (Wildman–Crippen LogP) is -0.359. The molecule has 0 aliphatic rings. The molecule has 5 heteroatoms. The molecule has 0 bridgehead atoms. The van der Waals surface area contributed by atoms with E-state index in [1.165, 1.54) is 0 Å². The number of amides is 1. The normalized spacial score (nSPS) is 5.00. The second kappa shape index (κ2) is 8.89. The largest absolute Gasteiger partial charge is 0.465 e. The summed E-state index contributed by atoms with van der Waals surface area (Å²) in [6.45, 7) is 0. The molecule has 0 radical (unpaired) electrons. The number of primary amides is 1. The quantitative estimate of drug-likeness (QED) is 0.243. The average molecular weight is 95.1 g/mol. The van der Waals surface area contributed by atoms with E-state index in [1.807, 2.05) is 0 Å². The Hall–Kier alpha value is -0.810. The van der Waals surface area contributed by atoms with Gasteiger partial charge in [0.05, 0.1) is 0 Å². The number of nitrogens with two attached hydrogens (primary N) is 1. The highest BCUT2D eigenvalue weighted by atomic mass is 17.0. The van der Waals surface area contributed by atoms with Crippen LogP contribution in [0.2, 0.25) is 0 Å². The molecule has 0 aliphatic heterocycles. The van der Waals surface area contributed by atoms with E-state index in [2.05, 4.69) is 5.73 Å². The molecule has 0 rings (SSSR count). The molecule has 0 aliphatic carbocycles. The maximum atomic E-state index is 8.78. The molecule has 0 heterocycles. The van der Waals surface area contributed by atoms with E-state index in [0.717, 1.165) is 0 Å². The molecule has 38 valence electrons. The second-order valence-corrected chi connectivity index (χ2v) is 0.338. The van der Waals surface area contributed by atoms with Gasteiger partial charge in [0.2, 0.25) is 0 Å². The number of hydrogen-bond acceptors (Lipinski definition) is 3. The highest BCUT2D eigenvalue weighted by molar-refractivity contribution is 5.61. The molecule has 0 spiro atoms. The van der Waals surface area contributed by atoms with Crippen molar-refractivity contribution in [2.45, 2.75) is 0 Å². The second-order valence-electron chi connectivity index (χ2n) is 0.338. The summed E-state index contributed by atoms with van der Waals surface area (Å²) in [5.74, 6) is 0. The lowest BCUT2D eigenvalue weighted by atomic mass is 11.3. The van der Waals surface area contributed by atoms with Gasteiger partial charge in [0, 0.05) is 0 Å². The first kappa shape index (κ1) is 8.95. The maximum Gasteiger partial charge on any atom is 0.402 e. The predicted molar refractivity (Wildman–Crippen MR) is 17.5 cm³/mol. The first-order valence-corrected chi connectivity index (χ1v) is 0.916. The summed E-state index contributed by atoms with van der Waals surface area (Å²) >= 11 is 0. The SMILES string of the molecule is NC(=O)O.OO. The lowest BCUT2D eigenvalue weighted by molar-refractivity contribution is -0.176. The fourth-order valence-electron chi connectivity index (χ4n) is 0. The Morgan fingerprint density at radius 2 is 1.50 bits per heavy atom. The minimum absolute atomic E-state index is 1.33. The summed E-state index contributed by atoms with van der Waals surface area (Å²) in [5, 5.41) is 19.2. The van der Waals surface area contributed by atoms with Gasteiger partial charge in [0.1, 0.15) is 0 Å². The van der Waals surface area contributed by atoms with Crippen LogP contribution in [-0.4, -0.2) is 21.7 Å². The summed E-state index contributed by atoms with van der Waals surface area (Å²) in [7, 11) is 0. The van der Waals surface area contributed by atoms with Gasteiger partial charge in [0.15, 0.2) is 0 Å². The number of carbonyl (C=O) groups is 1. The third-order valence-electron chi connectivity index (χ3n) is 0. The molecule has 5 N–H and O–H groups in total. The van der Waals surface area contributed by atoms with E-state index in [-0.39, 0.29) is 0 Å². The fourth-order valence-corrected chi connectivity index (χ4v) is 0. The van der Waals surface area contributed by atoms with E-state index >= 15 is 0 Å². The van der Waals surface area contributed by atoms with Crippen molar-refractivity contribution in [3.05, 3.63) is 0 Å². The molecule has 0 aromatic heterocycles. The van der Waals surface area contributed by atoms with Crippen LogP contribution in [-0.2, 0) is 0 Å². The molecule has 5 nitrogen and oxygen atoms in total. The van der Waals surface area contributed by atoms with E-state index in [0.29, 0.717) is 0 Å². The van der Waals surface area contributed by atoms with Crippen molar-refractivity contribution >= 4 is 6.09 Å². The zero-order chi connectivity index (χ0) is 5.58. The molecule has 0 aromatic carbocycles. The third kappa shape index (κ3) is 23.3. The van der Waals surface area contributed by atoms with Gasteiger partial charge in [-0.2, -0.15) is 0 Å². The smallest absolute Gasteiger partial charge is 0.402 e. The standard InChI is InChI=1S/CH3NO2.H2O2/c2-1(3)4;1-2/h2H2,(H,3,4);1-2H. The first-order chi connectivity index (χ1) is 2.73. The lowest BCUT2D eigenvalue weighted by Crippen LogP contribution is -2.03. The number of carboxylic acid groups (broad SMARTS) is 1. The van der Waals surface area contributed by atoms with Crippen molar-refractivity contribution in [3.63, 3.8) is 0 Å². The summed E-state index contributed by atoms with van der Waals surface area (Å²) in [4.78, 5) is 8.78. The van der Waals surface area contributed by atoms with Crippen LogP contribution in [0.1, 0.15) is 0 Å². The van der Waals surface area contributed by atoms with Gasteiger partial charge in [-0.25, -0.2) is 4.79 Å². The molecular formula is CH5NO4. The summed E-state index contributed by atoms with van der Waals surface area (Å²) in [5.41, 5.74) is 4.03. The number of hydrogen-bond donors (Lipinski definition) is 4. The third-order valence-corrected chi connectivity index (χ3v) is 0.